The quantitative estimate of drug-likeness (QED) is 0.644. The molecule has 0 aliphatic carbocycles. The van der Waals surface area contributed by atoms with Gasteiger partial charge >= 0.3 is 11.3 Å². The number of aromatic nitrogens is 3. The van der Waals surface area contributed by atoms with Crippen molar-refractivity contribution >= 4 is 11.0 Å². The van der Waals surface area contributed by atoms with Crippen LogP contribution in [-0.2, 0) is 20.6 Å². The van der Waals surface area contributed by atoms with Crippen LogP contribution in [0, 0.1) is 6.92 Å². The van der Waals surface area contributed by atoms with Crippen LogP contribution in [0.3, 0.4) is 0 Å². The maximum Gasteiger partial charge on any atom is 0.336 e. The molecule has 0 bridgehead atoms. The Morgan fingerprint density at radius 2 is 1.75 bits per heavy atom. The predicted molar refractivity (Wildman–Crippen MR) is 87.5 cm³/mol. The monoisotopic (exact) mass is 329 g/mol. The van der Waals surface area contributed by atoms with Crippen molar-refractivity contribution in [3.8, 4) is 0 Å². The molecule has 0 spiro atoms. The van der Waals surface area contributed by atoms with Crippen molar-refractivity contribution in [3.63, 3.8) is 0 Å². The minimum absolute atomic E-state index is 0.0508. The first-order chi connectivity index (χ1) is 11.3. The van der Waals surface area contributed by atoms with Gasteiger partial charge in [-0.3, -0.25) is 18.7 Å². The highest BCUT2D eigenvalue weighted by Crippen LogP contribution is 2.11. The van der Waals surface area contributed by atoms with Gasteiger partial charge in [-0.05, 0) is 18.6 Å². The molecule has 0 unspecified atom stereocenters. The zero-order valence-corrected chi connectivity index (χ0v) is 13.4. The highest BCUT2D eigenvalue weighted by Gasteiger charge is 2.11. The Morgan fingerprint density at radius 1 is 1.04 bits per heavy atom. The second kappa shape index (κ2) is 5.48. The lowest BCUT2D eigenvalue weighted by Crippen LogP contribution is -2.39. The van der Waals surface area contributed by atoms with E-state index in [9.17, 15) is 19.2 Å². The van der Waals surface area contributed by atoms with E-state index in [4.69, 9.17) is 4.42 Å². The summed E-state index contributed by atoms with van der Waals surface area (Å²) in [5.41, 5.74) is -0.664. The molecule has 3 aromatic heterocycles. The topological polar surface area (TPSA) is 96.2 Å². The van der Waals surface area contributed by atoms with Crippen LogP contribution in [0.2, 0.25) is 0 Å². The third-order valence-electron chi connectivity index (χ3n) is 4.02. The number of nitrogens with zero attached hydrogens (tertiary/aromatic N) is 3. The largest absolute Gasteiger partial charge is 0.422 e. The van der Waals surface area contributed by atoms with E-state index in [1.165, 1.54) is 47.6 Å². The number of hydrogen-bond acceptors (Lipinski definition) is 5. The summed E-state index contributed by atoms with van der Waals surface area (Å²) in [4.78, 5) is 47.8. The van der Waals surface area contributed by atoms with Gasteiger partial charge < -0.3 is 8.98 Å². The van der Waals surface area contributed by atoms with Crippen molar-refractivity contribution in [1.29, 1.82) is 0 Å². The summed E-state index contributed by atoms with van der Waals surface area (Å²) in [6, 6.07) is 4.09. The molecule has 3 aromatic rings. The second-order valence-electron chi connectivity index (χ2n) is 5.61. The Bertz CT molecular complexity index is 1190. The minimum atomic E-state index is -0.522. The van der Waals surface area contributed by atoms with Crippen LogP contribution in [0.15, 0.2) is 48.0 Å². The second-order valence-corrected chi connectivity index (χ2v) is 5.61. The molecule has 3 rings (SSSR count). The Balaban J connectivity index is 2.21. The van der Waals surface area contributed by atoms with Gasteiger partial charge in [-0.1, -0.05) is 0 Å². The van der Waals surface area contributed by atoms with Gasteiger partial charge in [0, 0.05) is 38.1 Å². The van der Waals surface area contributed by atoms with Crippen molar-refractivity contribution in [3.05, 3.63) is 77.3 Å². The molecule has 24 heavy (non-hydrogen) atoms. The predicted octanol–water partition coefficient (Wildman–Crippen LogP) is -0.291. The maximum absolute atomic E-state index is 12.6. The van der Waals surface area contributed by atoms with Gasteiger partial charge in [-0.25, -0.2) is 9.59 Å². The van der Waals surface area contributed by atoms with Crippen LogP contribution in [0.5, 0.6) is 0 Å². The SMILES string of the molecule is Cc1cc(=O)oc2ccn(Cc3cc(=O)n(C)c(=O)n3C)c(=O)c12. The van der Waals surface area contributed by atoms with Crippen molar-refractivity contribution in [2.24, 2.45) is 14.1 Å². The molecule has 0 N–H and O–H groups in total. The number of hydrogen-bond donors (Lipinski definition) is 0. The molecule has 0 aliphatic rings. The van der Waals surface area contributed by atoms with E-state index in [-0.39, 0.29) is 17.7 Å². The van der Waals surface area contributed by atoms with Gasteiger partial charge in [0.1, 0.15) is 5.58 Å². The summed E-state index contributed by atoms with van der Waals surface area (Å²) in [7, 11) is 2.93. The first-order valence-corrected chi connectivity index (χ1v) is 7.19. The van der Waals surface area contributed by atoms with Crippen molar-refractivity contribution in [2.75, 3.05) is 0 Å². The Hall–Kier alpha value is -3.16. The molecule has 0 saturated carbocycles. The molecule has 0 atom stereocenters. The molecule has 0 fully saturated rings. The fourth-order valence-electron chi connectivity index (χ4n) is 2.62. The number of aryl methyl sites for hydroxylation is 1. The number of pyridine rings is 1. The lowest BCUT2D eigenvalue weighted by atomic mass is 10.2. The molecule has 3 heterocycles. The Kier molecular flexibility index (Phi) is 3.59. The summed E-state index contributed by atoms with van der Waals surface area (Å²) in [5, 5.41) is 0.297. The number of fused-ring (bicyclic) bond motifs is 1. The molecule has 0 aromatic carbocycles. The lowest BCUT2D eigenvalue weighted by molar-refractivity contribution is 0.556. The Morgan fingerprint density at radius 3 is 2.46 bits per heavy atom. The standard InChI is InChI=1S/C16H15N3O5/c1-9-6-13(21)24-11-4-5-19(15(22)14(9)11)8-10-7-12(20)18(3)16(23)17(10)2/h4-7H,8H2,1-3H3. The van der Waals surface area contributed by atoms with Crippen molar-refractivity contribution in [2.45, 2.75) is 13.5 Å². The van der Waals surface area contributed by atoms with E-state index in [0.29, 0.717) is 16.6 Å². The van der Waals surface area contributed by atoms with Crippen LogP contribution in [0.4, 0.5) is 0 Å². The molecule has 0 saturated heterocycles. The van der Waals surface area contributed by atoms with E-state index in [1.807, 2.05) is 0 Å². The van der Waals surface area contributed by atoms with Crippen LogP contribution in [0.25, 0.3) is 11.0 Å². The van der Waals surface area contributed by atoms with Crippen molar-refractivity contribution in [1.82, 2.24) is 13.7 Å². The molecule has 124 valence electrons. The van der Waals surface area contributed by atoms with Gasteiger partial charge in [-0.2, -0.15) is 0 Å². The summed E-state index contributed by atoms with van der Waals surface area (Å²) >= 11 is 0. The van der Waals surface area contributed by atoms with E-state index in [0.717, 1.165) is 4.57 Å². The molecule has 8 heteroatoms. The molecule has 0 aliphatic heterocycles. The van der Waals surface area contributed by atoms with E-state index >= 15 is 0 Å². The lowest BCUT2D eigenvalue weighted by Gasteiger charge is -2.12. The number of rotatable bonds is 2. The van der Waals surface area contributed by atoms with Gasteiger partial charge in [-0.15, -0.1) is 0 Å². The first-order valence-electron chi connectivity index (χ1n) is 7.19. The fraction of sp³-hybridized carbons (Fsp3) is 0.250. The third kappa shape index (κ3) is 2.41. The summed E-state index contributed by atoms with van der Waals surface area (Å²) in [6.07, 6.45) is 1.47. The van der Waals surface area contributed by atoms with Crippen LogP contribution >= 0.6 is 0 Å². The van der Waals surface area contributed by atoms with Crippen LogP contribution in [0.1, 0.15) is 11.3 Å². The van der Waals surface area contributed by atoms with Crippen molar-refractivity contribution < 1.29 is 4.42 Å². The van der Waals surface area contributed by atoms with Gasteiger partial charge in [0.2, 0.25) is 0 Å². The van der Waals surface area contributed by atoms with Crippen LogP contribution < -0.4 is 22.4 Å². The molecule has 8 nitrogen and oxygen atoms in total. The zero-order chi connectivity index (χ0) is 17.6. The summed E-state index contributed by atoms with van der Waals surface area (Å²) in [5.74, 6) is 0. The molecular formula is C16H15N3O5. The summed E-state index contributed by atoms with van der Waals surface area (Å²) in [6.45, 7) is 1.70. The zero-order valence-electron chi connectivity index (χ0n) is 13.4. The minimum Gasteiger partial charge on any atom is -0.422 e. The highest BCUT2D eigenvalue weighted by atomic mass is 16.4. The smallest absolute Gasteiger partial charge is 0.336 e. The third-order valence-corrected chi connectivity index (χ3v) is 4.02. The van der Waals surface area contributed by atoms with Crippen LogP contribution in [-0.4, -0.2) is 13.7 Å². The Labute approximate surface area is 134 Å². The highest BCUT2D eigenvalue weighted by molar-refractivity contribution is 5.78. The van der Waals surface area contributed by atoms with Gasteiger partial charge in [0.05, 0.1) is 11.9 Å². The average molecular weight is 329 g/mol. The molecule has 0 amide bonds. The fourth-order valence-corrected chi connectivity index (χ4v) is 2.62. The maximum atomic E-state index is 12.6. The molecule has 0 radical (unpaired) electrons. The normalized spacial score (nSPS) is 11.1. The van der Waals surface area contributed by atoms with E-state index in [2.05, 4.69) is 0 Å². The van der Waals surface area contributed by atoms with Gasteiger partial charge in [0.15, 0.2) is 0 Å². The summed E-state index contributed by atoms with van der Waals surface area (Å²) < 4.78 is 8.70. The average Bonchev–Trinajstić information content (AvgIpc) is 2.52. The first kappa shape index (κ1) is 15.7. The molecular weight excluding hydrogens is 314 g/mol. The van der Waals surface area contributed by atoms with E-state index < -0.39 is 16.9 Å². The van der Waals surface area contributed by atoms with Gasteiger partial charge in [0.25, 0.3) is 11.1 Å². The van der Waals surface area contributed by atoms with E-state index in [1.54, 1.807) is 6.92 Å².